The fourth-order valence-corrected chi connectivity index (χ4v) is 2.98. The maximum atomic E-state index is 10.2. The first-order valence-electron chi connectivity index (χ1n) is 8.90. The third-order valence-electron chi connectivity index (χ3n) is 4.37. The van der Waals surface area contributed by atoms with Gasteiger partial charge in [0.05, 0.1) is 13.7 Å². The lowest BCUT2D eigenvalue weighted by Crippen LogP contribution is -2.48. The Labute approximate surface area is 173 Å². The molecule has 1 aliphatic heterocycles. The largest absolute Gasteiger partial charge is 0.504 e. The van der Waals surface area contributed by atoms with Crippen LogP contribution in [0.2, 0.25) is 0 Å². The number of rotatable bonds is 7. The fraction of sp³-hybridized carbons (Fsp3) is 0.526. The fourth-order valence-electron chi connectivity index (χ4n) is 2.98. The Hall–Kier alpha value is -1.48. The Kier molecular flexibility index (Phi) is 10.4. The number of phenols is 1. The molecule has 0 saturated carbocycles. The van der Waals surface area contributed by atoms with E-state index in [4.69, 9.17) is 4.74 Å². The molecule has 1 aromatic rings. The number of phenolic OH excluding ortho intramolecular Hbond substituents is 1. The minimum absolute atomic E-state index is 0. The van der Waals surface area contributed by atoms with Crippen LogP contribution < -0.4 is 15.4 Å². The van der Waals surface area contributed by atoms with Crippen molar-refractivity contribution in [3.05, 3.63) is 36.4 Å². The van der Waals surface area contributed by atoms with E-state index in [9.17, 15) is 5.11 Å². The number of aliphatic imine (C=N–C) groups is 1. The number of aromatic hydroxyl groups is 1. The van der Waals surface area contributed by atoms with E-state index in [2.05, 4.69) is 27.1 Å². The topological polar surface area (TPSA) is 69.1 Å². The van der Waals surface area contributed by atoms with Crippen molar-refractivity contribution in [3.8, 4) is 11.5 Å². The van der Waals surface area contributed by atoms with Crippen LogP contribution in [0.15, 0.2) is 35.8 Å². The van der Waals surface area contributed by atoms with Crippen molar-refractivity contribution in [3.63, 3.8) is 0 Å². The minimum atomic E-state index is 0. The molecule has 0 spiro atoms. The van der Waals surface area contributed by atoms with Gasteiger partial charge in [0.15, 0.2) is 17.5 Å². The highest BCUT2D eigenvalue weighted by Gasteiger charge is 2.19. The van der Waals surface area contributed by atoms with E-state index in [1.807, 2.05) is 25.1 Å². The first kappa shape index (κ1) is 22.6. The van der Waals surface area contributed by atoms with Crippen LogP contribution in [0.3, 0.4) is 0 Å². The number of para-hydroxylation sites is 1. The van der Waals surface area contributed by atoms with E-state index in [1.54, 1.807) is 13.2 Å². The molecule has 0 bridgehead atoms. The molecule has 0 radical (unpaired) electrons. The van der Waals surface area contributed by atoms with Crippen LogP contribution in [0.1, 0.15) is 25.3 Å². The molecule has 0 atom stereocenters. The smallest absolute Gasteiger partial charge is 0.191 e. The summed E-state index contributed by atoms with van der Waals surface area (Å²) in [6, 6.07) is 5.87. The van der Waals surface area contributed by atoms with Gasteiger partial charge in [0.1, 0.15) is 0 Å². The summed E-state index contributed by atoms with van der Waals surface area (Å²) in [7, 11) is 1.55. The van der Waals surface area contributed by atoms with Gasteiger partial charge in [-0.2, -0.15) is 0 Å². The lowest BCUT2D eigenvalue weighted by atomic mass is 10.1. The number of piperidine rings is 1. The number of guanidine groups is 1. The molecule has 1 aromatic carbocycles. The average Bonchev–Trinajstić information content (AvgIpc) is 2.62. The summed E-state index contributed by atoms with van der Waals surface area (Å²) in [5.74, 6) is 1.41. The minimum Gasteiger partial charge on any atom is -0.504 e. The summed E-state index contributed by atoms with van der Waals surface area (Å²) in [5, 5.41) is 17.0. The Morgan fingerprint density at radius 3 is 2.77 bits per heavy atom. The average molecular weight is 474 g/mol. The number of nitrogens with one attached hydrogen (secondary N) is 2. The molecule has 3 N–H and O–H groups in total. The molecule has 1 saturated heterocycles. The highest BCUT2D eigenvalue weighted by Crippen LogP contribution is 2.29. The molecule has 0 amide bonds. The zero-order valence-corrected chi connectivity index (χ0v) is 18.0. The summed E-state index contributed by atoms with van der Waals surface area (Å²) >= 11 is 0. The Morgan fingerprint density at radius 2 is 2.15 bits per heavy atom. The van der Waals surface area contributed by atoms with Crippen molar-refractivity contribution in [1.29, 1.82) is 0 Å². The molecular formula is C19H31IN4O2. The Balaban J connectivity index is 0.00000338. The second kappa shape index (κ2) is 12.0. The van der Waals surface area contributed by atoms with Crippen LogP contribution in [-0.4, -0.2) is 55.3 Å². The summed E-state index contributed by atoms with van der Waals surface area (Å²) in [5.41, 5.74) is 0.748. The second-order valence-corrected chi connectivity index (χ2v) is 6.17. The zero-order chi connectivity index (χ0) is 18.1. The van der Waals surface area contributed by atoms with Crippen LogP contribution >= 0.6 is 24.0 Å². The molecule has 2 rings (SSSR count). The molecule has 0 aliphatic carbocycles. The van der Waals surface area contributed by atoms with Crippen molar-refractivity contribution in [2.75, 3.05) is 33.3 Å². The van der Waals surface area contributed by atoms with Gasteiger partial charge in [-0.25, -0.2) is 4.99 Å². The maximum absolute atomic E-state index is 10.2. The summed E-state index contributed by atoms with van der Waals surface area (Å²) in [6.45, 7) is 10.1. The van der Waals surface area contributed by atoms with Crippen molar-refractivity contribution >= 4 is 29.9 Å². The summed E-state index contributed by atoms with van der Waals surface area (Å²) < 4.78 is 5.15. The predicted molar refractivity (Wildman–Crippen MR) is 118 cm³/mol. The van der Waals surface area contributed by atoms with Crippen LogP contribution in [0.5, 0.6) is 11.5 Å². The van der Waals surface area contributed by atoms with E-state index in [1.165, 1.54) is 0 Å². The first-order valence-corrected chi connectivity index (χ1v) is 8.90. The number of hydrogen-bond donors (Lipinski definition) is 3. The molecule has 0 unspecified atom stereocenters. The van der Waals surface area contributed by atoms with E-state index in [-0.39, 0.29) is 29.7 Å². The van der Waals surface area contributed by atoms with E-state index >= 15 is 0 Å². The van der Waals surface area contributed by atoms with Gasteiger partial charge in [-0.15, -0.1) is 30.6 Å². The molecule has 1 fully saturated rings. The van der Waals surface area contributed by atoms with Crippen LogP contribution in [0, 0.1) is 0 Å². The van der Waals surface area contributed by atoms with Gasteiger partial charge in [0.2, 0.25) is 0 Å². The lowest BCUT2D eigenvalue weighted by molar-refractivity contribution is 0.225. The van der Waals surface area contributed by atoms with Crippen molar-refractivity contribution in [2.45, 2.75) is 32.4 Å². The van der Waals surface area contributed by atoms with Gasteiger partial charge in [-0.05, 0) is 25.8 Å². The molecule has 6 nitrogen and oxygen atoms in total. The van der Waals surface area contributed by atoms with E-state index in [0.29, 0.717) is 18.3 Å². The number of ether oxygens (including phenoxy) is 1. The molecule has 1 aliphatic rings. The number of likely N-dealkylation sites (tertiary alicyclic amines) is 1. The molecule has 146 valence electrons. The highest BCUT2D eigenvalue weighted by molar-refractivity contribution is 14.0. The molecule has 26 heavy (non-hydrogen) atoms. The van der Waals surface area contributed by atoms with Crippen LogP contribution in [-0.2, 0) is 6.54 Å². The van der Waals surface area contributed by atoms with Crippen molar-refractivity contribution < 1.29 is 9.84 Å². The zero-order valence-electron chi connectivity index (χ0n) is 15.7. The lowest BCUT2D eigenvalue weighted by Gasteiger charge is -2.32. The van der Waals surface area contributed by atoms with E-state index < -0.39 is 0 Å². The Bertz CT molecular complexity index is 587. The molecule has 1 heterocycles. The quantitative estimate of drug-likeness (QED) is 0.246. The maximum Gasteiger partial charge on any atom is 0.191 e. The predicted octanol–water partition coefficient (Wildman–Crippen LogP) is 2.72. The van der Waals surface area contributed by atoms with Gasteiger partial charge >= 0.3 is 0 Å². The second-order valence-electron chi connectivity index (χ2n) is 6.17. The van der Waals surface area contributed by atoms with Crippen LogP contribution in [0.25, 0.3) is 0 Å². The number of hydrogen-bond acceptors (Lipinski definition) is 4. The van der Waals surface area contributed by atoms with Gasteiger partial charge in [-0.3, -0.25) is 4.90 Å². The first-order chi connectivity index (χ1) is 12.2. The molecule has 7 heteroatoms. The summed E-state index contributed by atoms with van der Waals surface area (Å²) in [6.07, 6.45) is 4.13. The van der Waals surface area contributed by atoms with E-state index in [0.717, 1.165) is 50.5 Å². The van der Waals surface area contributed by atoms with Crippen molar-refractivity contribution in [2.24, 2.45) is 4.99 Å². The third-order valence-corrected chi connectivity index (χ3v) is 4.37. The molecule has 0 aromatic heterocycles. The number of halogens is 1. The normalized spacial score (nSPS) is 15.8. The monoisotopic (exact) mass is 474 g/mol. The third kappa shape index (κ3) is 6.68. The standard InChI is InChI=1S/C19H30N4O2.HI/c1-4-11-23-12-9-16(10-13-23)22-19(20-5-2)21-14-15-7-6-8-17(25-3)18(15)24;/h4,6-8,16,24H,1,5,9-14H2,2-3H3,(H2,20,21,22);1H. The van der Waals surface area contributed by atoms with Gasteiger partial charge in [0.25, 0.3) is 0 Å². The highest BCUT2D eigenvalue weighted by atomic mass is 127. The number of nitrogens with zero attached hydrogens (tertiary/aromatic N) is 2. The van der Waals surface area contributed by atoms with Crippen molar-refractivity contribution in [1.82, 2.24) is 15.5 Å². The van der Waals surface area contributed by atoms with Gasteiger partial charge < -0.3 is 20.5 Å². The number of methoxy groups -OCH3 is 1. The number of benzene rings is 1. The SMILES string of the molecule is C=CCN1CCC(NC(=NCc2cccc(OC)c2O)NCC)CC1.I. The molecular weight excluding hydrogens is 443 g/mol. The summed E-state index contributed by atoms with van der Waals surface area (Å²) in [4.78, 5) is 7.02. The van der Waals surface area contributed by atoms with Crippen LogP contribution in [0.4, 0.5) is 0 Å². The van der Waals surface area contributed by atoms with Gasteiger partial charge in [-0.1, -0.05) is 18.2 Å². The Morgan fingerprint density at radius 1 is 1.42 bits per heavy atom. The van der Waals surface area contributed by atoms with Gasteiger partial charge in [0, 0.05) is 37.8 Å².